The van der Waals surface area contributed by atoms with Crippen LogP contribution in [0.1, 0.15) is 45.2 Å². The molecule has 2 aliphatic rings. The zero-order valence-electron chi connectivity index (χ0n) is 14.4. The van der Waals surface area contributed by atoms with Crippen molar-refractivity contribution in [2.75, 3.05) is 13.2 Å². The highest BCUT2D eigenvalue weighted by Crippen LogP contribution is 2.32. The quantitative estimate of drug-likeness (QED) is 0.845. The number of amides is 3. The van der Waals surface area contributed by atoms with Crippen molar-refractivity contribution in [2.45, 2.75) is 18.9 Å². The zero-order chi connectivity index (χ0) is 19.0. The summed E-state index contributed by atoms with van der Waals surface area (Å²) in [5.41, 5.74) is 1.15. The Morgan fingerprint density at radius 2 is 1.85 bits per heavy atom. The molecule has 138 valence electrons. The average Bonchev–Trinajstić information content (AvgIpc) is 2.80. The molecule has 0 saturated heterocycles. The Labute approximate surface area is 154 Å². The molecule has 3 amide bonds. The van der Waals surface area contributed by atoms with E-state index in [1.807, 2.05) is 0 Å². The number of carbonyl (C=O) groups is 3. The first kappa shape index (κ1) is 17.2. The van der Waals surface area contributed by atoms with E-state index in [0.717, 1.165) is 4.90 Å². The van der Waals surface area contributed by atoms with Gasteiger partial charge in [0.05, 0.1) is 23.8 Å². The maximum Gasteiger partial charge on any atom is 0.262 e. The van der Waals surface area contributed by atoms with Crippen molar-refractivity contribution < 1.29 is 23.5 Å². The first-order valence-electron chi connectivity index (χ1n) is 8.71. The number of fused-ring (bicyclic) bond motifs is 2. The molecule has 7 heteroatoms. The standard InChI is InChI=1S/C20H17FN2O4/c21-12-7-8-17-15(10-12)16(6-3-9-27-17)22-18(24)11-23-19(25)13-4-1-2-5-14(13)20(23)26/h1-2,4-5,7-8,10,16H,3,6,9,11H2,(H,22,24). The van der Waals surface area contributed by atoms with E-state index < -0.39 is 29.6 Å². The highest BCUT2D eigenvalue weighted by atomic mass is 19.1. The maximum atomic E-state index is 13.7. The Balaban J connectivity index is 1.50. The van der Waals surface area contributed by atoms with E-state index >= 15 is 0 Å². The molecule has 1 unspecified atom stereocenters. The Bertz CT molecular complexity index is 908. The van der Waals surface area contributed by atoms with E-state index in [-0.39, 0.29) is 6.54 Å². The van der Waals surface area contributed by atoms with E-state index in [0.29, 0.717) is 41.9 Å². The molecule has 0 aliphatic carbocycles. The van der Waals surface area contributed by atoms with Crippen LogP contribution in [-0.2, 0) is 4.79 Å². The van der Waals surface area contributed by atoms with Crippen molar-refractivity contribution in [3.05, 3.63) is 65.0 Å². The predicted molar refractivity (Wildman–Crippen MR) is 93.8 cm³/mol. The summed E-state index contributed by atoms with van der Waals surface area (Å²) in [6.07, 6.45) is 1.26. The fourth-order valence-corrected chi connectivity index (χ4v) is 3.46. The van der Waals surface area contributed by atoms with Crippen molar-refractivity contribution in [3.63, 3.8) is 0 Å². The van der Waals surface area contributed by atoms with Crippen LogP contribution in [0.3, 0.4) is 0 Å². The van der Waals surface area contributed by atoms with Crippen molar-refractivity contribution in [2.24, 2.45) is 0 Å². The second-order valence-electron chi connectivity index (χ2n) is 6.53. The second-order valence-corrected chi connectivity index (χ2v) is 6.53. The van der Waals surface area contributed by atoms with Gasteiger partial charge in [-0.2, -0.15) is 0 Å². The average molecular weight is 368 g/mol. The number of halogens is 1. The highest BCUT2D eigenvalue weighted by Gasteiger charge is 2.36. The Morgan fingerprint density at radius 3 is 2.56 bits per heavy atom. The van der Waals surface area contributed by atoms with Gasteiger partial charge in [-0.15, -0.1) is 0 Å². The molecular formula is C20H17FN2O4. The lowest BCUT2D eigenvalue weighted by Crippen LogP contribution is -2.41. The number of ether oxygens (including phenoxy) is 1. The maximum absolute atomic E-state index is 13.7. The normalized spacial score (nSPS) is 18.4. The third kappa shape index (κ3) is 3.16. The van der Waals surface area contributed by atoms with Gasteiger partial charge in [-0.25, -0.2) is 4.39 Å². The van der Waals surface area contributed by atoms with Gasteiger partial charge in [0.1, 0.15) is 18.1 Å². The molecule has 27 heavy (non-hydrogen) atoms. The Hall–Kier alpha value is -3.22. The van der Waals surface area contributed by atoms with Gasteiger partial charge in [-0.05, 0) is 43.2 Å². The summed E-state index contributed by atoms with van der Waals surface area (Å²) < 4.78 is 19.2. The third-order valence-electron chi connectivity index (χ3n) is 4.76. The fourth-order valence-electron chi connectivity index (χ4n) is 3.46. The number of hydrogen-bond acceptors (Lipinski definition) is 4. The molecule has 2 aromatic rings. The summed E-state index contributed by atoms with van der Waals surface area (Å²) in [6.45, 7) is 0.0950. The van der Waals surface area contributed by atoms with E-state index in [1.165, 1.54) is 12.1 Å². The first-order valence-corrected chi connectivity index (χ1v) is 8.71. The molecule has 0 spiro atoms. The molecule has 0 radical (unpaired) electrons. The summed E-state index contributed by atoms with van der Waals surface area (Å²) in [7, 11) is 0. The van der Waals surface area contributed by atoms with Crippen LogP contribution in [0.4, 0.5) is 4.39 Å². The topological polar surface area (TPSA) is 75.7 Å². The largest absolute Gasteiger partial charge is 0.493 e. The number of carbonyl (C=O) groups excluding carboxylic acids is 3. The molecule has 0 fully saturated rings. The van der Waals surface area contributed by atoms with E-state index in [1.54, 1.807) is 30.3 Å². The zero-order valence-corrected chi connectivity index (χ0v) is 14.4. The van der Waals surface area contributed by atoms with Crippen molar-refractivity contribution in [1.82, 2.24) is 10.2 Å². The van der Waals surface area contributed by atoms with Gasteiger partial charge >= 0.3 is 0 Å². The van der Waals surface area contributed by atoms with Gasteiger partial charge < -0.3 is 10.1 Å². The predicted octanol–water partition coefficient (Wildman–Crippen LogP) is 2.45. The number of nitrogens with one attached hydrogen (secondary N) is 1. The van der Waals surface area contributed by atoms with Crippen LogP contribution in [0.5, 0.6) is 5.75 Å². The molecule has 2 heterocycles. The second kappa shape index (κ2) is 6.83. The van der Waals surface area contributed by atoms with E-state index in [9.17, 15) is 18.8 Å². The van der Waals surface area contributed by atoms with Gasteiger partial charge in [0, 0.05) is 5.56 Å². The van der Waals surface area contributed by atoms with E-state index in [2.05, 4.69) is 5.32 Å². The SMILES string of the molecule is O=C(CN1C(=O)c2ccccc2C1=O)NC1CCCOc2ccc(F)cc21. The van der Waals surface area contributed by atoms with E-state index in [4.69, 9.17) is 4.74 Å². The lowest BCUT2D eigenvalue weighted by molar-refractivity contribution is -0.122. The van der Waals surface area contributed by atoms with Crippen molar-refractivity contribution in [3.8, 4) is 5.75 Å². The van der Waals surface area contributed by atoms with Crippen LogP contribution in [0, 0.1) is 5.82 Å². The van der Waals surface area contributed by atoms with Crippen LogP contribution in [0.15, 0.2) is 42.5 Å². The van der Waals surface area contributed by atoms with Gasteiger partial charge in [0.15, 0.2) is 0 Å². The molecule has 6 nitrogen and oxygen atoms in total. The number of nitrogens with zero attached hydrogens (tertiary/aromatic N) is 1. The van der Waals surface area contributed by atoms with Crippen LogP contribution in [-0.4, -0.2) is 35.8 Å². The number of rotatable bonds is 3. The monoisotopic (exact) mass is 368 g/mol. The van der Waals surface area contributed by atoms with Crippen LogP contribution in [0.2, 0.25) is 0 Å². The summed E-state index contributed by atoms with van der Waals surface area (Å²) in [4.78, 5) is 38.2. The summed E-state index contributed by atoms with van der Waals surface area (Å²) in [5.74, 6) is -1.34. The van der Waals surface area contributed by atoms with Crippen LogP contribution < -0.4 is 10.1 Å². The summed E-state index contributed by atoms with van der Waals surface area (Å²) in [6, 6.07) is 10.2. The van der Waals surface area contributed by atoms with Gasteiger partial charge in [0.2, 0.25) is 5.91 Å². The lowest BCUT2D eigenvalue weighted by atomic mass is 10.0. The third-order valence-corrected chi connectivity index (χ3v) is 4.76. The van der Waals surface area contributed by atoms with Crippen molar-refractivity contribution >= 4 is 17.7 Å². The number of benzene rings is 2. The Morgan fingerprint density at radius 1 is 1.15 bits per heavy atom. The Kier molecular flexibility index (Phi) is 4.35. The van der Waals surface area contributed by atoms with Crippen LogP contribution >= 0.6 is 0 Å². The smallest absolute Gasteiger partial charge is 0.262 e. The van der Waals surface area contributed by atoms with Gasteiger partial charge in [0.25, 0.3) is 11.8 Å². The molecular weight excluding hydrogens is 351 g/mol. The fraction of sp³-hybridized carbons (Fsp3) is 0.250. The molecule has 1 atom stereocenters. The summed E-state index contributed by atoms with van der Waals surface area (Å²) in [5, 5.41) is 2.81. The lowest BCUT2D eigenvalue weighted by Gasteiger charge is -2.20. The summed E-state index contributed by atoms with van der Waals surface area (Å²) >= 11 is 0. The number of imide groups is 1. The van der Waals surface area contributed by atoms with Crippen molar-refractivity contribution in [1.29, 1.82) is 0 Å². The van der Waals surface area contributed by atoms with Gasteiger partial charge in [-0.3, -0.25) is 19.3 Å². The minimum atomic E-state index is -0.485. The molecule has 4 rings (SSSR count). The molecule has 1 N–H and O–H groups in total. The van der Waals surface area contributed by atoms with Crippen LogP contribution in [0.25, 0.3) is 0 Å². The number of hydrogen-bond donors (Lipinski definition) is 1. The molecule has 0 bridgehead atoms. The van der Waals surface area contributed by atoms with Gasteiger partial charge in [-0.1, -0.05) is 12.1 Å². The molecule has 0 saturated carbocycles. The molecule has 0 aromatic heterocycles. The highest BCUT2D eigenvalue weighted by molar-refractivity contribution is 6.22. The molecule has 2 aromatic carbocycles. The first-order chi connectivity index (χ1) is 13.0. The molecule has 2 aliphatic heterocycles. The minimum absolute atomic E-state index is 0.297. The minimum Gasteiger partial charge on any atom is -0.493 e.